The topological polar surface area (TPSA) is 78.9 Å². The van der Waals surface area contributed by atoms with Gasteiger partial charge in [0, 0.05) is 19.3 Å². The summed E-state index contributed by atoms with van der Waals surface area (Å²) in [6, 6.07) is 0. The van der Waals surface area contributed by atoms with E-state index in [1.807, 2.05) is 0 Å². The molecule has 1 unspecified atom stereocenters. The quantitative estimate of drug-likeness (QED) is 0.0262. The molecule has 0 spiro atoms. The fourth-order valence-electron chi connectivity index (χ4n) is 7.68. The van der Waals surface area contributed by atoms with E-state index in [1.54, 1.807) is 0 Å². The SMILES string of the molecule is CC/C=C\C/C=C\C/C=C\C/C=C\C/C=C\CCCCCCCCCC(=O)OCC(COC(=O)CCCCCCCCCCCCC)OC(=O)CCCCCCC/C=C\C/C=C\CCCCC. The molecule has 0 bridgehead atoms. The molecule has 0 aromatic heterocycles. The molecule has 0 aliphatic rings. The zero-order chi connectivity index (χ0) is 48.6. The number of allylic oxidation sites excluding steroid dienone is 14. The number of rotatable bonds is 50. The van der Waals surface area contributed by atoms with E-state index in [9.17, 15) is 14.4 Å². The fourth-order valence-corrected chi connectivity index (χ4v) is 7.68. The highest BCUT2D eigenvalue weighted by Gasteiger charge is 2.19. The summed E-state index contributed by atoms with van der Waals surface area (Å²) in [6.07, 6.45) is 71.4. The van der Waals surface area contributed by atoms with Gasteiger partial charge in [0.1, 0.15) is 13.2 Å². The average molecular weight is 933 g/mol. The Morgan fingerprint density at radius 2 is 0.582 bits per heavy atom. The monoisotopic (exact) mass is 933 g/mol. The number of carbonyl (C=O) groups is 3. The van der Waals surface area contributed by atoms with Crippen molar-refractivity contribution in [2.45, 2.75) is 271 Å². The molecule has 0 aliphatic carbocycles. The Bertz CT molecular complexity index is 1300. The minimum atomic E-state index is -0.787. The number of ether oxygens (including phenoxy) is 3. The molecule has 384 valence electrons. The summed E-state index contributed by atoms with van der Waals surface area (Å²) < 4.78 is 16.8. The van der Waals surface area contributed by atoms with E-state index in [0.717, 1.165) is 122 Å². The molecule has 0 rings (SSSR count). The van der Waals surface area contributed by atoms with E-state index in [0.29, 0.717) is 19.3 Å². The van der Waals surface area contributed by atoms with Crippen LogP contribution in [0.3, 0.4) is 0 Å². The molecule has 6 nitrogen and oxygen atoms in total. The molecule has 0 fully saturated rings. The maximum Gasteiger partial charge on any atom is 0.306 e. The van der Waals surface area contributed by atoms with Crippen molar-refractivity contribution in [2.24, 2.45) is 0 Å². The van der Waals surface area contributed by atoms with Gasteiger partial charge in [-0.25, -0.2) is 0 Å². The summed E-state index contributed by atoms with van der Waals surface area (Å²) in [5, 5.41) is 0. The molecular weight excluding hydrogens is 829 g/mol. The van der Waals surface area contributed by atoms with E-state index in [2.05, 4.69) is 106 Å². The number of hydrogen-bond acceptors (Lipinski definition) is 6. The first-order valence-corrected chi connectivity index (χ1v) is 28.1. The molecule has 0 saturated carbocycles. The van der Waals surface area contributed by atoms with Crippen molar-refractivity contribution in [3.63, 3.8) is 0 Å². The van der Waals surface area contributed by atoms with Crippen molar-refractivity contribution < 1.29 is 28.6 Å². The predicted octanol–water partition coefficient (Wildman–Crippen LogP) is 18.8. The third kappa shape index (κ3) is 53.4. The first-order chi connectivity index (χ1) is 33.0. The van der Waals surface area contributed by atoms with Crippen LogP contribution in [0.2, 0.25) is 0 Å². The Hall–Kier alpha value is -3.41. The molecule has 0 aromatic rings. The van der Waals surface area contributed by atoms with Gasteiger partial charge < -0.3 is 14.2 Å². The third-order valence-electron chi connectivity index (χ3n) is 11.9. The molecular formula is C61H104O6. The van der Waals surface area contributed by atoms with Crippen LogP contribution in [-0.2, 0) is 28.6 Å². The molecule has 67 heavy (non-hydrogen) atoms. The van der Waals surface area contributed by atoms with E-state index in [-0.39, 0.29) is 31.1 Å². The fraction of sp³-hybridized carbons (Fsp3) is 0.721. The van der Waals surface area contributed by atoms with Crippen molar-refractivity contribution in [3.8, 4) is 0 Å². The first kappa shape index (κ1) is 63.6. The lowest BCUT2D eigenvalue weighted by atomic mass is 10.1. The summed E-state index contributed by atoms with van der Waals surface area (Å²) in [7, 11) is 0. The maximum atomic E-state index is 12.8. The smallest absolute Gasteiger partial charge is 0.306 e. The molecule has 0 radical (unpaired) electrons. The lowest BCUT2D eigenvalue weighted by Crippen LogP contribution is -2.30. The number of esters is 3. The van der Waals surface area contributed by atoms with Crippen LogP contribution in [0.4, 0.5) is 0 Å². The molecule has 0 aromatic carbocycles. The summed E-state index contributed by atoms with van der Waals surface area (Å²) in [5.74, 6) is -0.906. The van der Waals surface area contributed by atoms with Gasteiger partial charge in [-0.1, -0.05) is 234 Å². The zero-order valence-corrected chi connectivity index (χ0v) is 43.9. The largest absolute Gasteiger partial charge is 0.462 e. The molecule has 6 heteroatoms. The summed E-state index contributed by atoms with van der Waals surface area (Å²) in [5.41, 5.74) is 0. The molecule has 1 atom stereocenters. The number of hydrogen-bond donors (Lipinski definition) is 0. The average Bonchev–Trinajstić information content (AvgIpc) is 3.33. The normalized spacial score (nSPS) is 12.7. The van der Waals surface area contributed by atoms with Gasteiger partial charge in [-0.3, -0.25) is 14.4 Å². The van der Waals surface area contributed by atoms with Crippen molar-refractivity contribution in [3.05, 3.63) is 85.1 Å². The van der Waals surface area contributed by atoms with Gasteiger partial charge in [0.05, 0.1) is 0 Å². The first-order valence-electron chi connectivity index (χ1n) is 28.1. The Labute approximate surface area is 414 Å². The highest BCUT2D eigenvalue weighted by Crippen LogP contribution is 2.15. The minimum absolute atomic E-state index is 0.0842. The predicted molar refractivity (Wildman–Crippen MR) is 288 cm³/mol. The summed E-state index contributed by atoms with van der Waals surface area (Å²) in [4.78, 5) is 38.1. The van der Waals surface area contributed by atoms with Gasteiger partial charge in [0.15, 0.2) is 6.10 Å². The maximum absolute atomic E-state index is 12.8. The van der Waals surface area contributed by atoms with Crippen LogP contribution in [-0.4, -0.2) is 37.2 Å². The molecule has 0 aliphatic heterocycles. The van der Waals surface area contributed by atoms with Crippen molar-refractivity contribution >= 4 is 17.9 Å². The Kier molecular flexibility index (Phi) is 52.4. The molecule has 0 saturated heterocycles. The Balaban J connectivity index is 4.35. The zero-order valence-electron chi connectivity index (χ0n) is 43.9. The summed E-state index contributed by atoms with van der Waals surface area (Å²) >= 11 is 0. The van der Waals surface area contributed by atoms with Crippen LogP contribution in [0.1, 0.15) is 265 Å². The summed E-state index contributed by atoms with van der Waals surface area (Å²) in [6.45, 7) is 6.48. The van der Waals surface area contributed by atoms with Gasteiger partial charge in [0.2, 0.25) is 0 Å². The van der Waals surface area contributed by atoms with Crippen molar-refractivity contribution in [1.82, 2.24) is 0 Å². The van der Waals surface area contributed by atoms with Gasteiger partial charge >= 0.3 is 17.9 Å². The highest BCUT2D eigenvalue weighted by atomic mass is 16.6. The van der Waals surface area contributed by atoms with Crippen LogP contribution < -0.4 is 0 Å². The standard InChI is InChI=1S/C61H104O6/c1-4-7-10-13-16-19-22-24-26-27-28-29-30-31-32-33-35-36-39-42-45-48-51-54-60(63)66-57-58(56-65-59(62)53-50-47-44-41-38-21-18-15-12-9-6-3)67-61(64)55-52-49-46-43-40-37-34-25-23-20-17-14-11-8-5-2/h7,10,16-17,19-20,24-26,28-29,31-32,34,58H,4-6,8-9,11-15,18,21-23,27,30,33,35-57H2,1-3H3/b10-7-,19-16-,20-17-,26-24-,29-28-,32-31-,34-25-. The lowest BCUT2D eigenvalue weighted by molar-refractivity contribution is -0.167. The van der Waals surface area contributed by atoms with Gasteiger partial charge in [-0.05, 0) is 96.3 Å². The van der Waals surface area contributed by atoms with Crippen LogP contribution in [0.25, 0.3) is 0 Å². The minimum Gasteiger partial charge on any atom is -0.462 e. The van der Waals surface area contributed by atoms with Crippen molar-refractivity contribution in [1.29, 1.82) is 0 Å². The Morgan fingerprint density at radius 1 is 0.313 bits per heavy atom. The van der Waals surface area contributed by atoms with E-state index in [4.69, 9.17) is 14.2 Å². The van der Waals surface area contributed by atoms with E-state index in [1.165, 1.54) is 103 Å². The van der Waals surface area contributed by atoms with Crippen LogP contribution in [0, 0.1) is 0 Å². The molecule has 0 amide bonds. The van der Waals surface area contributed by atoms with Crippen molar-refractivity contribution in [2.75, 3.05) is 13.2 Å². The highest BCUT2D eigenvalue weighted by molar-refractivity contribution is 5.71. The molecule has 0 heterocycles. The second kappa shape index (κ2) is 55.2. The van der Waals surface area contributed by atoms with Gasteiger partial charge in [0.25, 0.3) is 0 Å². The van der Waals surface area contributed by atoms with Gasteiger partial charge in [-0.2, -0.15) is 0 Å². The van der Waals surface area contributed by atoms with Crippen LogP contribution in [0.5, 0.6) is 0 Å². The third-order valence-corrected chi connectivity index (χ3v) is 11.9. The van der Waals surface area contributed by atoms with E-state index >= 15 is 0 Å². The number of carbonyl (C=O) groups excluding carboxylic acids is 3. The molecule has 0 N–H and O–H groups in total. The second-order valence-electron chi connectivity index (χ2n) is 18.5. The Morgan fingerprint density at radius 3 is 0.940 bits per heavy atom. The number of unbranched alkanes of at least 4 members (excludes halogenated alkanes) is 25. The second-order valence-corrected chi connectivity index (χ2v) is 18.5. The van der Waals surface area contributed by atoms with Crippen LogP contribution in [0.15, 0.2) is 85.1 Å². The van der Waals surface area contributed by atoms with Gasteiger partial charge in [-0.15, -0.1) is 0 Å². The van der Waals surface area contributed by atoms with Crippen LogP contribution >= 0.6 is 0 Å². The lowest BCUT2D eigenvalue weighted by Gasteiger charge is -2.18. The van der Waals surface area contributed by atoms with E-state index < -0.39 is 6.10 Å².